The predicted molar refractivity (Wildman–Crippen MR) is 57.9 cm³/mol. The van der Waals surface area contributed by atoms with Crippen molar-refractivity contribution in [3.63, 3.8) is 0 Å². The highest BCUT2D eigenvalue weighted by molar-refractivity contribution is 5.44. The summed E-state index contributed by atoms with van der Waals surface area (Å²) in [5.74, 6) is 0.546. The number of nitrogens with zero attached hydrogens (tertiary/aromatic N) is 3. The molecule has 0 saturated heterocycles. The van der Waals surface area contributed by atoms with Gasteiger partial charge in [0.15, 0.2) is 5.65 Å². The second kappa shape index (κ2) is 3.86. The summed E-state index contributed by atoms with van der Waals surface area (Å²) in [4.78, 5) is 4.28. The minimum Gasteiger partial charge on any atom is -0.392 e. The third-order valence-electron chi connectivity index (χ3n) is 2.10. The number of anilines is 1. The first-order chi connectivity index (χ1) is 7.16. The van der Waals surface area contributed by atoms with Gasteiger partial charge < -0.3 is 10.4 Å². The van der Waals surface area contributed by atoms with Crippen LogP contribution in [0.25, 0.3) is 5.65 Å². The highest BCUT2D eigenvalue weighted by Crippen LogP contribution is 2.07. The quantitative estimate of drug-likeness (QED) is 0.780. The van der Waals surface area contributed by atoms with Crippen LogP contribution >= 0.6 is 0 Å². The number of pyridine rings is 1. The van der Waals surface area contributed by atoms with E-state index in [-0.39, 0.29) is 0 Å². The zero-order valence-electron chi connectivity index (χ0n) is 8.81. The molecule has 0 aliphatic heterocycles. The normalized spacial score (nSPS) is 13.0. The van der Waals surface area contributed by atoms with Crippen LogP contribution in [0.2, 0.25) is 0 Å². The average Bonchev–Trinajstić information content (AvgIpc) is 2.59. The summed E-state index contributed by atoms with van der Waals surface area (Å²) in [6, 6.07) is 5.81. The SMILES string of the molecule is Cc1cccc2nc(NCC(C)O)nn12. The highest BCUT2D eigenvalue weighted by atomic mass is 16.3. The molecule has 0 aliphatic carbocycles. The van der Waals surface area contributed by atoms with E-state index in [4.69, 9.17) is 5.11 Å². The van der Waals surface area contributed by atoms with Crippen molar-refractivity contribution in [2.24, 2.45) is 0 Å². The van der Waals surface area contributed by atoms with Gasteiger partial charge in [0.1, 0.15) is 0 Å². The molecule has 0 radical (unpaired) electrons. The van der Waals surface area contributed by atoms with E-state index >= 15 is 0 Å². The Labute approximate surface area is 87.8 Å². The first-order valence-electron chi connectivity index (χ1n) is 4.91. The van der Waals surface area contributed by atoms with Crippen LogP contribution in [0.15, 0.2) is 18.2 Å². The summed E-state index contributed by atoms with van der Waals surface area (Å²) in [5.41, 5.74) is 1.84. The molecular weight excluding hydrogens is 192 g/mol. The standard InChI is InChI=1S/C10H14N4O/c1-7-4-3-5-9-12-10(13-14(7)9)11-6-8(2)15/h3-5,8,15H,6H2,1-2H3,(H,11,13). The molecule has 1 unspecified atom stereocenters. The number of hydrogen-bond donors (Lipinski definition) is 2. The van der Waals surface area contributed by atoms with Gasteiger partial charge in [-0.05, 0) is 26.0 Å². The number of aliphatic hydroxyl groups excluding tert-OH is 1. The van der Waals surface area contributed by atoms with Crippen molar-refractivity contribution in [1.29, 1.82) is 0 Å². The zero-order chi connectivity index (χ0) is 10.8. The Morgan fingerprint density at radius 1 is 1.53 bits per heavy atom. The Morgan fingerprint density at radius 3 is 3.00 bits per heavy atom. The molecule has 0 spiro atoms. The molecule has 0 fully saturated rings. The summed E-state index contributed by atoms with van der Waals surface area (Å²) < 4.78 is 1.77. The molecule has 2 aromatic heterocycles. The average molecular weight is 206 g/mol. The van der Waals surface area contributed by atoms with Crippen molar-refractivity contribution >= 4 is 11.6 Å². The third kappa shape index (κ3) is 2.07. The summed E-state index contributed by atoms with van der Waals surface area (Å²) >= 11 is 0. The maximum atomic E-state index is 9.12. The number of aryl methyl sites for hydroxylation is 1. The van der Waals surface area contributed by atoms with E-state index in [1.165, 1.54) is 0 Å². The van der Waals surface area contributed by atoms with Crippen LogP contribution in [-0.2, 0) is 0 Å². The van der Waals surface area contributed by atoms with Crippen LogP contribution < -0.4 is 5.32 Å². The molecule has 0 amide bonds. The number of nitrogens with one attached hydrogen (secondary N) is 1. The van der Waals surface area contributed by atoms with Gasteiger partial charge in [-0.2, -0.15) is 4.98 Å². The first kappa shape index (κ1) is 9.92. The third-order valence-corrected chi connectivity index (χ3v) is 2.10. The molecule has 2 N–H and O–H groups in total. The van der Waals surface area contributed by atoms with E-state index in [1.807, 2.05) is 25.1 Å². The van der Waals surface area contributed by atoms with Gasteiger partial charge in [-0.1, -0.05) is 6.07 Å². The summed E-state index contributed by atoms with van der Waals surface area (Å²) in [6.07, 6.45) is -0.405. The molecule has 0 saturated carbocycles. The molecule has 0 aromatic carbocycles. The van der Waals surface area contributed by atoms with Gasteiger partial charge in [-0.15, -0.1) is 5.10 Å². The molecule has 1 atom stereocenters. The molecule has 5 nitrogen and oxygen atoms in total. The summed E-state index contributed by atoms with van der Waals surface area (Å²) in [6.45, 7) is 4.14. The van der Waals surface area contributed by atoms with E-state index < -0.39 is 6.10 Å². The van der Waals surface area contributed by atoms with E-state index in [2.05, 4.69) is 15.4 Å². The van der Waals surface area contributed by atoms with Crippen molar-refractivity contribution in [2.45, 2.75) is 20.0 Å². The largest absolute Gasteiger partial charge is 0.392 e. The van der Waals surface area contributed by atoms with Gasteiger partial charge in [0.05, 0.1) is 6.10 Å². The Balaban J connectivity index is 2.27. The fourth-order valence-corrected chi connectivity index (χ4v) is 1.35. The maximum Gasteiger partial charge on any atom is 0.243 e. The van der Waals surface area contributed by atoms with E-state index in [0.717, 1.165) is 11.3 Å². The number of aliphatic hydroxyl groups is 1. The Hall–Kier alpha value is -1.62. The van der Waals surface area contributed by atoms with Gasteiger partial charge >= 0.3 is 0 Å². The molecule has 5 heteroatoms. The van der Waals surface area contributed by atoms with Crippen molar-refractivity contribution < 1.29 is 5.11 Å². The van der Waals surface area contributed by atoms with E-state index in [1.54, 1.807) is 11.4 Å². The number of aromatic nitrogens is 3. The van der Waals surface area contributed by atoms with Crippen molar-refractivity contribution in [3.05, 3.63) is 23.9 Å². The molecule has 2 rings (SSSR count). The van der Waals surface area contributed by atoms with Crippen LogP contribution in [0, 0.1) is 6.92 Å². The fourth-order valence-electron chi connectivity index (χ4n) is 1.35. The van der Waals surface area contributed by atoms with Crippen LogP contribution in [0.5, 0.6) is 0 Å². The molecule has 2 heterocycles. The zero-order valence-corrected chi connectivity index (χ0v) is 8.81. The van der Waals surface area contributed by atoms with E-state index in [9.17, 15) is 0 Å². The lowest BCUT2D eigenvalue weighted by atomic mass is 10.4. The predicted octanol–water partition coefficient (Wildman–Crippen LogP) is 0.830. The lowest BCUT2D eigenvalue weighted by molar-refractivity contribution is 0.208. The lowest BCUT2D eigenvalue weighted by Gasteiger charge is -2.02. The number of rotatable bonds is 3. The fraction of sp³-hybridized carbons (Fsp3) is 0.400. The van der Waals surface area contributed by atoms with Gasteiger partial charge in [-0.3, -0.25) is 0 Å². The molecular formula is C10H14N4O. The van der Waals surface area contributed by atoms with Gasteiger partial charge in [0.2, 0.25) is 5.95 Å². The lowest BCUT2D eigenvalue weighted by Crippen LogP contribution is -2.16. The highest BCUT2D eigenvalue weighted by Gasteiger charge is 2.04. The monoisotopic (exact) mass is 206 g/mol. The Bertz CT molecular complexity index is 463. The Morgan fingerprint density at radius 2 is 2.33 bits per heavy atom. The molecule has 0 bridgehead atoms. The van der Waals surface area contributed by atoms with Gasteiger partial charge in [-0.25, -0.2) is 4.52 Å². The minimum atomic E-state index is -0.405. The second-order valence-electron chi connectivity index (χ2n) is 3.60. The van der Waals surface area contributed by atoms with Gasteiger partial charge in [0.25, 0.3) is 0 Å². The topological polar surface area (TPSA) is 62.5 Å². The first-order valence-corrected chi connectivity index (χ1v) is 4.91. The van der Waals surface area contributed by atoms with Crippen molar-refractivity contribution in [2.75, 3.05) is 11.9 Å². The van der Waals surface area contributed by atoms with E-state index in [0.29, 0.717) is 12.5 Å². The van der Waals surface area contributed by atoms with Gasteiger partial charge in [0, 0.05) is 12.2 Å². The summed E-state index contributed by atoms with van der Waals surface area (Å²) in [5, 5.41) is 16.4. The smallest absolute Gasteiger partial charge is 0.243 e. The second-order valence-corrected chi connectivity index (χ2v) is 3.60. The maximum absolute atomic E-state index is 9.12. The molecule has 2 aromatic rings. The number of hydrogen-bond acceptors (Lipinski definition) is 4. The van der Waals surface area contributed by atoms with Crippen LogP contribution in [0.1, 0.15) is 12.6 Å². The van der Waals surface area contributed by atoms with Crippen molar-refractivity contribution in [1.82, 2.24) is 14.6 Å². The minimum absolute atomic E-state index is 0.405. The van der Waals surface area contributed by atoms with Crippen LogP contribution in [0.4, 0.5) is 5.95 Å². The molecule has 15 heavy (non-hydrogen) atoms. The van der Waals surface area contributed by atoms with Crippen LogP contribution in [-0.4, -0.2) is 32.4 Å². The molecule has 80 valence electrons. The van der Waals surface area contributed by atoms with Crippen LogP contribution in [0.3, 0.4) is 0 Å². The van der Waals surface area contributed by atoms with Crippen molar-refractivity contribution in [3.8, 4) is 0 Å². The Kier molecular flexibility index (Phi) is 2.55. The number of fused-ring (bicyclic) bond motifs is 1. The molecule has 0 aliphatic rings. The summed E-state index contributed by atoms with van der Waals surface area (Å²) in [7, 11) is 0.